The second kappa shape index (κ2) is 5.42. The molecule has 0 aromatic heterocycles. The van der Waals surface area contributed by atoms with Crippen molar-refractivity contribution in [3.05, 3.63) is 24.3 Å². The average Bonchev–Trinajstić information content (AvgIpc) is 2.15. The first-order valence-electron chi connectivity index (χ1n) is 5.29. The van der Waals surface area contributed by atoms with E-state index in [-0.39, 0.29) is 11.3 Å². The predicted octanol–water partition coefficient (Wildman–Crippen LogP) is 2.64. The molecule has 2 N–H and O–H groups in total. The molecule has 0 aliphatic carbocycles. The molecule has 0 saturated carbocycles. The zero-order valence-corrected chi connectivity index (χ0v) is 11.0. The van der Waals surface area contributed by atoms with Crippen LogP contribution in [-0.2, 0) is 15.9 Å². The third-order valence-electron chi connectivity index (χ3n) is 2.03. The number of hydrogen-bond acceptors (Lipinski definition) is 2. The average molecular weight is 255 g/mol. The molecule has 0 aliphatic rings. The van der Waals surface area contributed by atoms with E-state index >= 15 is 0 Å². The van der Waals surface area contributed by atoms with Gasteiger partial charge in [0.25, 0.3) is 0 Å². The summed E-state index contributed by atoms with van der Waals surface area (Å²) in [5, 5.41) is 2.75. The fraction of sp³-hybridized carbons (Fsp3) is 0.417. The summed E-state index contributed by atoms with van der Waals surface area (Å²) in [4.78, 5) is 11.9. The van der Waals surface area contributed by atoms with Crippen LogP contribution < -0.4 is 5.32 Å². The van der Waals surface area contributed by atoms with Crippen LogP contribution in [0.3, 0.4) is 0 Å². The molecule has 4 nitrogen and oxygen atoms in total. The number of amides is 1. The normalized spacial score (nSPS) is 13.2. The summed E-state index contributed by atoms with van der Waals surface area (Å²) < 4.78 is 19.6. The van der Waals surface area contributed by atoms with Crippen LogP contribution in [0.25, 0.3) is 0 Å². The molecule has 17 heavy (non-hydrogen) atoms. The van der Waals surface area contributed by atoms with Crippen LogP contribution in [0.2, 0.25) is 0 Å². The summed E-state index contributed by atoms with van der Waals surface area (Å²) in [5.41, 5.74) is 0.574. The highest BCUT2D eigenvalue weighted by atomic mass is 32.2. The van der Waals surface area contributed by atoms with Gasteiger partial charge in [0.1, 0.15) is 0 Å². The SMILES string of the molecule is CC(C)(C)CC(=O)Nc1ccc(S(=O)O)cc1. The van der Waals surface area contributed by atoms with Gasteiger partial charge in [-0.05, 0) is 29.7 Å². The summed E-state index contributed by atoms with van der Waals surface area (Å²) in [7, 11) is 0. The summed E-state index contributed by atoms with van der Waals surface area (Å²) in [6.07, 6.45) is 0.431. The Labute approximate surface area is 104 Å². The Morgan fingerprint density at radius 3 is 2.24 bits per heavy atom. The van der Waals surface area contributed by atoms with Crippen LogP contribution in [0.15, 0.2) is 29.2 Å². The summed E-state index contributed by atoms with van der Waals surface area (Å²) in [5.74, 6) is -0.0598. The van der Waals surface area contributed by atoms with Crippen molar-refractivity contribution in [2.24, 2.45) is 5.41 Å². The number of hydrogen-bond donors (Lipinski definition) is 2. The van der Waals surface area contributed by atoms with Gasteiger partial charge >= 0.3 is 0 Å². The lowest BCUT2D eigenvalue weighted by Gasteiger charge is -2.17. The number of nitrogens with one attached hydrogen (secondary N) is 1. The smallest absolute Gasteiger partial charge is 0.224 e. The monoisotopic (exact) mass is 255 g/mol. The van der Waals surface area contributed by atoms with Crippen molar-refractivity contribution in [2.75, 3.05) is 5.32 Å². The van der Waals surface area contributed by atoms with Crippen molar-refractivity contribution in [3.63, 3.8) is 0 Å². The maximum Gasteiger partial charge on any atom is 0.224 e. The van der Waals surface area contributed by atoms with Gasteiger partial charge in [-0.1, -0.05) is 20.8 Å². The maximum absolute atomic E-state index is 11.6. The summed E-state index contributed by atoms with van der Waals surface area (Å²) in [6.45, 7) is 5.97. The largest absolute Gasteiger partial charge is 0.326 e. The highest BCUT2D eigenvalue weighted by Gasteiger charge is 2.15. The van der Waals surface area contributed by atoms with Gasteiger partial charge < -0.3 is 9.87 Å². The molecule has 1 aromatic rings. The van der Waals surface area contributed by atoms with Crippen LogP contribution in [0.1, 0.15) is 27.2 Å². The topological polar surface area (TPSA) is 66.4 Å². The minimum Gasteiger partial charge on any atom is -0.326 e. The third-order valence-corrected chi connectivity index (χ3v) is 2.71. The third kappa shape index (κ3) is 5.10. The van der Waals surface area contributed by atoms with Gasteiger partial charge in [0.15, 0.2) is 11.1 Å². The van der Waals surface area contributed by atoms with Crippen molar-refractivity contribution in [2.45, 2.75) is 32.1 Å². The van der Waals surface area contributed by atoms with Crippen molar-refractivity contribution in [1.29, 1.82) is 0 Å². The first kappa shape index (κ1) is 13.9. The van der Waals surface area contributed by atoms with E-state index < -0.39 is 11.1 Å². The Balaban J connectivity index is 2.64. The van der Waals surface area contributed by atoms with Gasteiger partial charge in [-0.2, -0.15) is 0 Å². The number of rotatable bonds is 3. The van der Waals surface area contributed by atoms with E-state index in [1.807, 2.05) is 20.8 Å². The van der Waals surface area contributed by atoms with Crippen molar-refractivity contribution >= 4 is 22.7 Å². The zero-order chi connectivity index (χ0) is 13.1. The summed E-state index contributed by atoms with van der Waals surface area (Å²) in [6, 6.07) is 6.26. The molecule has 1 rings (SSSR count). The Bertz CT molecular complexity index is 420. The molecule has 5 heteroatoms. The standard InChI is InChI=1S/C12H17NO3S/c1-12(2,3)8-11(14)13-9-4-6-10(7-5-9)17(15)16/h4-7H,8H2,1-3H3,(H,13,14)(H,15,16). The Hall–Kier alpha value is -1.20. The van der Waals surface area contributed by atoms with E-state index in [2.05, 4.69) is 5.32 Å². The Morgan fingerprint density at radius 2 is 1.82 bits per heavy atom. The molecule has 0 bridgehead atoms. The lowest BCUT2D eigenvalue weighted by molar-refractivity contribution is -0.117. The second-order valence-corrected chi connectivity index (χ2v) is 6.03. The van der Waals surface area contributed by atoms with E-state index in [1.54, 1.807) is 12.1 Å². The molecule has 1 amide bonds. The molecule has 1 aromatic carbocycles. The quantitative estimate of drug-likeness (QED) is 0.816. The zero-order valence-electron chi connectivity index (χ0n) is 10.2. The Kier molecular flexibility index (Phi) is 4.42. The van der Waals surface area contributed by atoms with Crippen molar-refractivity contribution in [1.82, 2.24) is 0 Å². The molecule has 1 unspecified atom stereocenters. The molecule has 0 aliphatic heterocycles. The van der Waals surface area contributed by atoms with Gasteiger partial charge in [-0.15, -0.1) is 0 Å². The Morgan fingerprint density at radius 1 is 1.29 bits per heavy atom. The number of benzene rings is 1. The highest BCUT2D eigenvalue weighted by molar-refractivity contribution is 7.79. The van der Waals surface area contributed by atoms with Crippen LogP contribution in [0, 0.1) is 5.41 Å². The van der Waals surface area contributed by atoms with Gasteiger partial charge in [0, 0.05) is 12.1 Å². The first-order chi connectivity index (χ1) is 7.78. The molecular weight excluding hydrogens is 238 g/mol. The van der Waals surface area contributed by atoms with Crippen LogP contribution in [0.4, 0.5) is 5.69 Å². The molecule has 1 atom stereocenters. The lowest BCUT2D eigenvalue weighted by Crippen LogP contribution is -2.19. The lowest BCUT2D eigenvalue weighted by atomic mass is 9.92. The fourth-order valence-electron chi connectivity index (χ4n) is 1.34. The molecule has 94 valence electrons. The van der Waals surface area contributed by atoms with E-state index in [0.29, 0.717) is 17.0 Å². The molecule has 0 fully saturated rings. The molecule has 0 spiro atoms. The first-order valence-corrected chi connectivity index (χ1v) is 6.39. The van der Waals surface area contributed by atoms with E-state index in [0.717, 1.165) is 0 Å². The predicted molar refractivity (Wildman–Crippen MR) is 68.2 cm³/mol. The van der Waals surface area contributed by atoms with Gasteiger partial charge in [0.2, 0.25) is 5.91 Å². The number of carbonyl (C=O) groups is 1. The molecular formula is C12H17NO3S. The summed E-state index contributed by atoms with van der Waals surface area (Å²) >= 11 is -1.98. The molecule has 0 radical (unpaired) electrons. The van der Waals surface area contributed by atoms with Gasteiger partial charge in [-0.3, -0.25) is 4.79 Å². The minimum atomic E-state index is -1.98. The van der Waals surface area contributed by atoms with E-state index in [4.69, 9.17) is 4.55 Å². The number of anilines is 1. The number of carbonyl (C=O) groups excluding carboxylic acids is 1. The van der Waals surface area contributed by atoms with Crippen LogP contribution in [0.5, 0.6) is 0 Å². The fourth-order valence-corrected chi connectivity index (χ4v) is 1.71. The van der Waals surface area contributed by atoms with Crippen LogP contribution >= 0.6 is 0 Å². The van der Waals surface area contributed by atoms with Crippen molar-refractivity contribution in [3.8, 4) is 0 Å². The van der Waals surface area contributed by atoms with Gasteiger partial charge in [0.05, 0.1) is 4.90 Å². The van der Waals surface area contributed by atoms with Crippen LogP contribution in [-0.4, -0.2) is 14.7 Å². The minimum absolute atomic E-state index is 0.0589. The van der Waals surface area contributed by atoms with Crippen molar-refractivity contribution < 1.29 is 13.6 Å². The molecule has 0 saturated heterocycles. The second-order valence-electron chi connectivity index (χ2n) is 5.06. The highest BCUT2D eigenvalue weighted by Crippen LogP contribution is 2.20. The van der Waals surface area contributed by atoms with Gasteiger partial charge in [-0.25, -0.2) is 4.21 Å². The van der Waals surface area contributed by atoms with E-state index in [9.17, 15) is 9.00 Å². The van der Waals surface area contributed by atoms with E-state index in [1.165, 1.54) is 12.1 Å². The maximum atomic E-state index is 11.6. The molecule has 0 heterocycles.